The van der Waals surface area contributed by atoms with Crippen molar-refractivity contribution in [1.29, 1.82) is 0 Å². The van der Waals surface area contributed by atoms with Gasteiger partial charge in [0.2, 0.25) is 0 Å². The summed E-state index contributed by atoms with van der Waals surface area (Å²) in [5, 5.41) is 0. The van der Waals surface area contributed by atoms with Crippen LogP contribution in [0.2, 0.25) is 0 Å². The van der Waals surface area contributed by atoms with E-state index in [4.69, 9.17) is 10.5 Å². The molecule has 102 valence electrons. The summed E-state index contributed by atoms with van der Waals surface area (Å²) in [6, 6.07) is 9.33. The molecule has 2 N–H and O–H groups in total. The van der Waals surface area contributed by atoms with Crippen LogP contribution in [0.15, 0.2) is 30.3 Å². The molecule has 0 aromatic heterocycles. The summed E-state index contributed by atoms with van der Waals surface area (Å²) in [5.74, 6) is 1.19. The highest BCUT2D eigenvalue weighted by Gasteiger charge is 2.09. The molecular formula is C13H21NO3S. The highest BCUT2D eigenvalue weighted by atomic mass is 32.2. The van der Waals surface area contributed by atoms with Crippen LogP contribution in [0.5, 0.6) is 5.75 Å². The maximum absolute atomic E-state index is 11.3. The monoisotopic (exact) mass is 271 g/mol. The normalized spacial score (nSPS) is 13.2. The van der Waals surface area contributed by atoms with E-state index in [-0.39, 0.29) is 17.5 Å². The lowest BCUT2D eigenvalue weighted by atomic mass is 10.2. The SMILES string of the molecule is CCS(=O)(=O)CCCC(N)COc1ccccc1. The molecule has 18 heavy (non-hydrogen) atoms. The first kappa shape index (κ1) is 15.0. The van der Waals surface area contributed by atoms with E-state index in [9.17, 15) is 8.42 Å². The molecule has 0 saturated carbocycles. The molecule has 4 nitrogen and oxygen atoms in total. The highest BCUT2D eigenvalue weighted by Crippen LogP contribution is 2.09. The Morgan fingerprint density at radius 2 is 1.94 bits per heavy atom. The Balaban J connectivity index is 2.20. The molecule has 0 aliphatic carbocycles. The fourth-order valence-electron chi connectivity index (χ4n) is 1.51. The number of hydrogen-bond donors (Lipinski definition) is 1. The van der Waals surface area contributed by atoms with Crippen LogP contribution in [0.4, 0.5) is 0 Å². The van der Waals surface area contributed by atoms with Crippen molar-refractivity contribution in [3.8, 4) is 5.75 Å². The van der Waals surface area contributed by atoms with Crippen molar-refractivity contribution in [3.63, 3.8) is 0 Å². The van der Waals surface area contributed by atoms with Gasteiger partial charge in [-0.15, -0.1) is 0 Å². The second kappa shape index (κ2) is 7.38. The van der Waals surface area contributed by atoms with Crippen LogP contribution in [0, 0.1) is 0 Å². The molecule has 1 aromatic rings. The van der Waals surface area contributed by atoms with Gasteiger partial charge >= 0.3 is 0 Å². The molecule has 0 aliphatic rings. The molecular weight excluding hydrogens is 250 g/mol. The second-order valence-electron chi connectivity index (χ2n) is 4.26. The van der Waals surface area contributed by atoms with E-state index in [1.807, 2.05) is 30.3 Å². The third-order valence-corrected chi connectivity index (χ3v) is 4.47. The molecule has 1 atom stereocenters. The molecule has 0 spiro atoms. The zero-order chi connectivity index (χ0) is 13.4. The van der Waals surface area contributed by atoms with Gasteiger partial charge in [-0.1, -0.05) is 25.1 Å². The average Bonchev–Trinajstić information content (AvgIpc) is 2.37. The van der Waals surface area contributed by atoms with E-state index < -0.39 is 9.84 Å². The first-order valence-electron chi connectivity index (χ1n) is 6.17. The number of para-hydroxylation sites is 1. The van der Waals surface area contributed by atoms with Gasteiger partial charge < -0.3 is 10.5 Å². The fraction of sp³-hybridized carbons (Fsp3) is 0.538. The van der Waals surface area contributed by atoms with Gasteiger partial charge in [-0.05, 0) is 25.0 Å². The van der Waals surface area contributed by atoms with Crippen molar-refractivity contribution in [2.75, 3.05) is 18.1 Å². The van der Waals surface area contributed by atoms with Crippen molar-refractivity contribution in [3.05, 3.63) is 30.3 Å². The maximum atomic E-state index is 11.3. The zero-order valence-electron chi connectivity index (χ0n) is 10.7. The lowest BCUT2D eigenvalue weighted by Gasteiger charge is -2.12. The van der Waals surface area contributed by atoms with Gasteiger partial charge in [0.15, 0.2) is 0 Å². The first-order chi connectivity index (χ1) is 8.53. The summed E-state index contributed by atoms with van der Waals surface area (Å²) in [6.45, 7) is 2.07. The molecule has 1 unspecified atom stereocenters. The Morgan fingerprint density at radius 1 is 1.28 bits per heavy atom. The van der Waals surface area contributed by atoms with Crippen LogP contribution >= 0.6 is 0 Å². The lowest BCUT2D eigenvalue weighted by Crippen LogP contribution is -2.28. The quantitative estimate of drug-likeness (QED) is 0.780. The summed E-state index contributed by atoms with van der Waals surface area (Å²) in [6.07, 6.45) is 1.25. The molecule has 0 heterocycles. The van der Waals surface area contributed by atoms with Crippen LogP contribution in [0.1, 0.15) is 19.8 Å². The Labute approximate surface area is 109 Å². The summed E-state index contributed by atoms with van der Waals surface area (Å²) in [4.78, 5) is 0. The van der Waals surface area contributed by atoms with Crippen LogP contribution in [-0.2, 0) is 9.84 Å². The summed E-state index contributed by atoms with van der Waals surface area (Å²) in [5.41, 5.74) is 5.87. The molecule has 0 radical (unpaired) electrons. The average molecular weight is 271 g/mol. The van der Waals surface area contributed by atoms with Crippen molar-refractivity contribution in [2.45, 2.75) is 25.8 Å². The molecule has 0 amide bonds. The van der Waals surface area contributed by atoms with Crippen molar-refractivity contribution >= 4 is 9.84 Å². The summed E-state index contributed by atoms with van der Waals surface area (Å²) < 4.78 is 28.1. The van der Waals surface area contributed by atoms with Gasteiger partial charge in [0.05, 0.1) is 5.75 Å². The van der Waals surface area contributed by atoms with Crippen molar-refractivity contribution in [1.82, 2.24) is 0 Å². The van der Waals surface area contributed by atoms with Crippen LogP contribution < -0.4 is 10.5 Å². The van der Waals surface area contributed by atoms with Gasteiger partial charge in [-0.25, -0.2) is 8.42 Å². The Hall–Kier alpha value is -1.07. The van der Waals surface area contributed by atoms with E-state index in [2.05, 4.69) is 0 Å². The van der Waals surface area contributed by atoms with Crippen LogP contribution in [-0.4, -0.2) is 32.6 Å². The third kappa shape index (κ3) is 6.02. The Bertz CT molecular complexity index is 431. The first-order valence-corrected chi connectivity index (χ1v) is 7.99. The summed E-state index contributed by atoms with van der Waals surface area (Å²) in [7, 11) is -2.88. The number of benzene rings is 1. The Kier molecular flexibility index (Phi) is 6.15. The van der Waals surface area contributed by atoms with Gasteiger partial charge in [-0.2, -0.15) is 0 Å². The van der Waals surface area contributed by atoms with E-state index in [0.29, 0.717) is 19.4 Å². The third-order valence-electron chi connectivity index (χ3n) is 2.68. The molecule has 5 heteroatoms. The second-order valence-corrected chi connectivity index (χ2v) is 6.74. The molecule has 0 bridgehead atoms. The predicted octanol–water partition coefficient (Wildman–Crippen LogP) is 1.61. The smallest absolute Gasteiger partial charge is 0.150 e. The number of ether oxygens (including phenoxy) is 1. The van der Waals surface area contributed by atoms with Gasteiger partial charge in [0.1, 0.15) is 22.2 Å². The largest absolute Gasteiger partial charge is 0.492 e. The van der Waals surface area contributed by atoms with E-state index >= 15 is 0 Å². The van der Waals surface area contributed by atoms with Crippen molar-refractivity contribution in [2.24, 2.45) is 5.73 Å². The zero-order valence-corrected chi connectivity index (χ0v) is 11.5. The van der Waals surface area contributed by atoms with Gasteiger partial charge in [-0.3, -0.25) is 0 Å². The predicted molar refractivity (Wildman–Crippen MR) is 73.5 cm³/mol. The maximum Gasteiger partial charge on any atom is 0.150 e. The number of rotatable bonds is 8. The van der Waals surface area contributed by atoms with E-state index in [0.717, 1.165) is 5.75 Å². The molecule has 0 saturated heterocycles. The fourth-order valence-corrected chi connectivity index (χ4v) is 2.41. The standard InChI is InChI=1S/C13H21NO3S/c1-2-18(15,16)10-6-7-12(14)11-17-13-8-4-3-5-9-13/h3-5,8-9,12H,2,6-7,10-11,14H2,1H3. The van der Waals surface area contributed by atoms with Gasteiger partial charge in [0, 0.05) is 11.8 Å². The molecule has 0 fully saturated rings. The minimum absolute atomic E-state index is 0.128. The minimum Gasteiger partial charge on any atom is -0.492 e. The summed E-state index contributed by atoms with van der Waals surface area (Å²) >= 11 is 0. The van der Waals surface area contributed by atoms with Crippen LogP contribution in [0.25, 0.3) is 0 Å². The topological polar surface area (TPSA) is 69.4 Å². The molecule has 0 aliphatic heterocycles. The number of sulfone groups is 1. The van der Waals surface area contributed by atoms with Crippen LogP contribution in [0.3, 0.4) is 0 Å². The molecule has 1 aromatic carbocycles. The van der Waals surface area contributed by atoms with Crippen molar-refractivity contribution < 1.29 is 13.2 Å². The minimum atomic E-state index is -2.88. The number of nitrogens with two attached hydrogens (primary N) is 1. The Morgan fingerprint density at radius 3 is 2.56 bits per heavy atom. The van der Waals surface area contributed by atoms with E-state index in [1.165, 1.54) is 0 Å². The molecule has 1 rings (SSSR count). The highest BCUT2D eigenvalue weighted by molar-refractivity contribution is 7.91. The van der Waals surface area contributed by atoms with E-state index in [1.54, 1.807) is 6.92 Å². The van der Waals surface area contributed by atoms with Gasteiger partial charge in [0.25, 0.3) is 0 Å². The lowest BCUT2D eigenvalue weighted by molar-refractivity contribution is 0.281. The number of hydrogen-bond acceptors (Lipinski definition) is 4.